The molecule has 1 aromatic heterocycles. The number of hydrogen-bond donors (Lipinski definition) is 0. The van der Waals surface area contributed by atoms with Gasteiger partial charge >= 0.3 is 0 Å². The molecule has 0 fully saturated rings. The van der Waals surface area contributed by atoms with Gasteiger partial charge in [-0.25, -0.2) is 0 Å². The lowest BCUT2D eigenvalue weighted by molar-refractivity contribution is 0.668. The molecular formula is C43H27ClO. The Bertz CT molecular complexity index is 2390. The summed E-state index contributed by atoms with van der Waals surface area (Å²) in [7, 11) is 0. The zero-order valence-corrected chi connectivity index (χ0v) is 25.1. The van der Waals surface area contributed by atoms with Crippen molar-refractivity contribution in [1.29, 1.82) is 0 Å². The molecule has 0 N–H and O–H groups in total. The molecule has 0 aliphatic heterocycles. The highest BCUT2D eigenvalue weighted by Crippen LogP contribution is 2.59. The van der Waals surface area contributed by atoms with Crippen molar-refractivity contribution < 1.29 is 4.42 Å². The highest BCUT2D eigenvalue weighted by Gasteiger charge is 2.47. The minimum Gasteiger partial charge on any atom is -0.456 e. The van der Waals surface area contributed by atoms with Gasteiger partial charge in [-0.15, -0.1) is 0 Å². The molecule has 1 atom stereocenters. The second-order valence-corrected chi connectivity index (χ2v) is 12.2. The topological polar surface area (TPSA) is 13.1 Å². The van der Waals surface area contributed by atoms with Gasteiger partial charge in [0.25, 0.3) is 0 Å². The fourth-order valence-corrected chi connectivity index (χ4v) is 7.75. The Labute approximate surface area is 267 Å². The van der Waals surface area contributed by atoms with Crippen molar-refractivity contribution in [2.45, 2.75) is 5.41 Å². The number of hydrogen-bond acceptors (Lipinski definition) is 1. The van der Waals surface area contributed by atoms with Crippen LogP contribution in [0.15, 0.2) is 168 Å². The maximum absolute atomic E-state index is 7.05. The third-order valence-corrected chi connectivity index (χ3v) is 9.78. The molecule has 8 aromatic rings. The molecule has 212 valence electrons. The molecular weight excluding hydrogens is 568 g/mol. The molecule has 0 saturated heterocycles. The van der Waals surface area contributed by atoms with Crippen molar-refractivity contribution in [3.05, 3.63) is 191 Å². The van der Waals surface area contributed by atoms with E-state index < -0.39 is 5.41 Å². The van der Waals surface area contributed by atoms with Gasteiger partial charge in [0, 0.05) is 21.4 Å². The zero-order valence-electron chi connectivity index (χ0n) is 24.4. The summed E-state index contributed by atoms with van der Waals surface area (Å²) in [4.78, 5) is 0. The lowest BCUT2D eigenvalue weighted by Gasteiger charge is -2.34. The van der Waals surface area contributed by atoms with E-state index in [-0.39, 0.29) is 0 Å². The number of halogens is 1. The Morgan fingerprint density at radius 2 is 1.11 bits per heavy atom. The second kappa shape index (κ2) is 10.1. The normalized spacial score (nSPS) is 15.3. The molecule has 0 spiro atoms. The maximum atomic E-state index is 7.05. The Kier molecular flexibility index (Phi) is 5.84. The van der Waals surface area contributed by atoms with Crippen molar-refractivity contribution in [2.24, 2.45) is 0 Å². The van der Waals surface area contributed by atoms with E-state index in [4.69, 9.17) is 16.0 Å². The average Bonchev–Trinajstić information content (AvgIpc) is 3.63. The van der Waals surface area contributed by atoms with Gasteiger partial charge in [-0.1, -0.05) is 145 Å². The summed E-state index contributed by atoms with van der Waals surface area (Å²) < 4.78 is 6.27. The van der Waals surface area contributed by atoms with Crippen LogP contribution in [-0.4, -0.2) is 0 Å². The number of benzene rings is 7. The van der Waals surface area contributed by atoms with Crippen molar-refractivity contribution in [2.75, 3.05) is 0 Å². The molecule has 45 heavy (non-hydrogen) atoms. The van der Waals surface area contributed by atoms with Gasteiger partial charge in [0.05, 0.1) is 5.41 Å². The summed E-state index contributed by atoms with van der Waals surface area (Å²) in [6.45, 7) is 0. The maximum Gasteiger partial charge on any atom is 0.135 e. The molecule has 1 unspecified atom stereocenters. The first-order valence-electron chi connectivity index (χ1n) is 15.3. The average molecular weight is 595 g/mol. The minimum atomic E-state index is -0.542. The molecule has 7 aromatic carbocycles. The Balaban J connectivity index is 1.38. The van der Waals surface area contributed by atoms with Crippen LogP contribution in [0.2, 0.25) is 5.02 Å². The van der Waals surface area contributed by atoms with Crippen LogP contribution >= 0.6 is 11.6 Å². The molecule has 1 aliphatic rings. The summed E-state index contributed by atoms with van der Waals surface area (Å²) >= 11 is 7.05. The van der Waals surface area contributed by atoms with Gasteiger partial charge in [-0.2, -0.15) is 0 Å². The predicted octanol–water partition coefficient (Wildman–Crippen LogP) is 11.9. The van der Waals surface area contributed by atoms with Gasteiger partial charge in [-0.3, -0.25) is 0 Å². The van der Waals surface area contributed by atoms with Crippen molar-refractivity contribution >= 4 is 33.5 Å². The van der Waals surface area contributed by atoms with E-state index in [0.717, 1.165) is 43.7 Å². The van der Waals surface area contributed by atoms with E-state index in [0.29, 0.717) is 0 Å². The fourth-order valence-electron chi connectivity index (χ4n) is 7.53. The Hall–Kier alpha value is -5.37. The van der Waals surface area contributed by atoms with Gasteiger partial charge < -0.3 is 4.42 Å². The molecule has 9 rings (SSSR count). The zero-order chi connectivity index (χ0) is 30.0. The molecule has 0 saturated carbocycles. The lowest BCUT2D eigenvalue weighted by atomic mass is 9.67. The molecule has 1 aliphatic carbocycles. The first-order chi connectivity index (χ1) is 22.2. The SMILES string of the molecule is Clc1ccc(-c2ccccc2)cc1-c1cccc2c1-c1ccccc1C2(c1ccccc1)c1ccc2oc3ccccc3c2c1. The standard InChI is InChI=1S/C43H27ClO/c44-39-24-22-29(28-12-3-1-4-13-28)26-35(39)33-18-11-20-38-42(33)34-17-7-9-19-37(34)43(38,30-14-5-2-6-15-30)31-23-25-41-36(27-31)32-16-8-10-21-40(32)45-41/h1-27H. The first kappa shape index (κ1) is 26.1. The van der Waals surface area contributed by atoms with Crippen LogP contribution in [0.5, 0.6) is 0 Å². The number of furan rings is 1. The summed E-state index contributed by atoms with van der Waals surface area (Å²) in [6, 6.07) is 58.4. The number of fused-ring (bicyclic) bond motifs is 6. The molecule has 2 heteroatoms. The van der Waals surface area contributed by atoms with Crippen LogP contribution in [0.3, 0.4) is 0 Å². The van der Waals surface area contributed by atoms with E-state index in [9.17, 15) is 0 Å². The summed E-state index contributed by atoms with van der Waals surface area (Å²) in [5, 5.41) is 2.99. The van der Waals surface area contributed by atoms with E-state index in [2.05, 4.69) is 140 Å². The van der Waals surface area contributed by atoms with Gasteiger partial charge in [0.15, 0.2) is 0 Å². The van der Waals surface area contributed by atoms with Gasteiger partial charge in [0.2, 0.25) is 0 Å². The highest BCUT2D eigenvalue weighted by molar-refractivity contribution is 6.33. The van der Waals surface area contributed by atoms with E-state index >= 15 is 0 Å². The van der Waals surface area contributed by atoms with Crippen LogP contribution in [0.25, 0.3) is 55.3 Å². The van der Waals surface area contributed by atoms with Crippen LogP contribution in [-0.2, 0) is 5.41 Å². The van der Waals surface area contributed by atoms with Gasteiger partial charge in [0.1, 0.15) is 11.2 Å². The molecule has 0 bridgehead atoms. The van der Waals surface area contributed by atoms with Gasteiger partial charge in [-0.05, 0) is 80.4 Å². The smallest absolute Gasteiger partial charge is 0.135 e. The van der Waals surface area contributed by atoms with E-state index in [1.807, 2.05) is 24.3 Å². The van der Waals surface area contributed by atoms with Crippen LogP contribution in [0, 0.1) is 0 Å². The highest BCUT2D eigenvalue weighted by atomic mass is 35.5. The predicted molar refractivity (Wildman–Crippen MR) is 187 cm³/mol. The molecule has 1 heterocycles. The Morgan fingerprint density at radius 1 is 0.422 bits per heavy atom. The van der Waals surface area contributed by atoms with Crippen LogP contribution < -0.4 is 0 Å². The van der Waals surface area contributed by atoms with Crippen LogP contribution in [0.1, 0.15) is 22.3 Å². The number of para-hydroxylation sites is 1. The van der Waals surface area contributed by atoms with Crippen molar-refractivity contribution in [3.63, 3.8) is 0 Å². The fraction of sp³-hybridized carbons (Fsp3) is 0.0233. The third kappa shape index (κ3) is 3.81. The monoisotopic (exact) mass is 594 g/mol. The van der Waals surface area contributed by atoms with Crippen molar-refractivity contribution in [1.82, 2.24) is 0 Å². The second-order valence-electron chi connectivity index (χ2n) is 11.8. The molecule has 1 nitrogen and oxygen atoms in total. The van der Waals surface area contributed by atoms with Crippen molar-refractivity contribution in [3.8, 4) is 33.4 Å². The van der Waals surface area contributed by atoms with Crippen LogP contribution in [0.4, 0.5) is 0 Å². The molecule has 0 amide bonds. The summed E-state index contributed by atoms with van der Waals surface area (Å²) in [5.74, 6) is 0. The third-order valence-electron chi connectivity index (χ3n) is 9.45. The minimum absolute atomic E-state index is 0.542. The van der Waals surface area contributed by atoms with E-state index in [1.54, 1.807) is 0 Å². The number of rotatable bonds is 4. The first-order valence-corrected chi connectivity index (χ1v) is 15.7. The largest absolute Gasteiger partial charge is 0.456 e. The van der Waals surface area contributed by atoms with E-state index in [1.165, 1.54) is 38.9 Å². The molecule has 0 radical (unpaired) electrons. The quantitative estimate of drug-likeness (QED) is 0.197. The summed E-state index contributed by atoms with van der Waals surface area (Å²) in [5.41, 5.74) is 13.1. The lowest BCUT2D eigenvalue weighted by Crippen LogP contribution is -2.28. The summed E-state index contributed by atoms with van der Waals surface area (Å²) in [6.07, 6.45) is 0. The Morgan fingerprint density at radius 3 is 1.98 bits per heavy atom.